The second-order valence-electron chi connectivity index (χ2n) is 6.54. The molecule has 1 heterocycles. The van der Waals surface area contributed by atoms with Crippen molar-refractivity contribution in [2.24, 2.45) is 4.99 Å². The highest BCUT2D eigenvalue weighted by Crippen LogP contribution is 2.19. The predicted molar refractivity (Wildman–Crippen MR) is 105 cm³/mol. The van der Waals surface area contributed by atoms with Crippen molar-refractivity contribution in [1.82, 2.24) is 15.6 Å². The van der Waals surface area contributed by atoms with Gasteiger partial charge in [0.1, 0.15) is 6.61 Å². The molecule has 9 heteroatoms. The number of rotatable bonds is 8. The summed E-state index contributed by atoms with van der Waals surface area (Å²) in [5, 5.41) is 9.57. The number of nitrogens with zero attached hydrogens (tertiary/aromatic N) is 2. The van der Waals surface area contributed by atoms with Crippen molar-refractivity contribution in [1.29, 1.82) is 0 Å². The van der Waals surface area contributed by atoms with Crippen LogP contribution in [0.1, 0.15) is 41.6 Å². The number of ether oxygens (including phenoxy) is 1. The van der Waals surface area contributed by atoms with Crippen LogP contribution in [-0.2, 0) is 24.4 Å². The number of hydrogen-bond acceptors (Lipinski definition) is 4. The van der Waals surface area contributed by atoms with Crippen LogP contribution in [-0.4, -0.2) is 30.8 Å². The number of benzene rings is 1. The van der Waals surface area contributed by atoms with Gasteiger partial charge in [-0.05, 0) is 11.1 Å². The maximum absolute atomic E-state index is 12.1. The zero-order valence-electron chi connectivity index (χ0n) is 16.1. The Morgan fingerprint density at radius 1 is 1.14 bits per heavy atom. The molecule has 0 saturated heterocycles. The van der Waals surface area contributed by atoms with Gasteiger partial charge in [0.05, 0.1) is 23.9 Å². The second kappa shape index (κ2) is 10.4. The first-order chi connectivity index (χ1) is 13.3. The molecule has 0 aliphatic carbocycles. The summed E-state index contributed by atoms with van der Waals surface area (Å²) in [6, 6.07) is 7.21. The first-order valence-electron chi connectivity index (χ1n) is 8.88. The Balaban J connectivity index is 1.76. The Bertz CT molecular complexity index is 757. The van der Waals surface area contributed by atoms with Gasteiger partial charge in [-0.25, -0.2) is 4.98 Å². The number of halogens is 3. The average molecular weight is 414 g/mol. The minimum absolute atomic E-state index is 0.0670. The molecule has 0 aliphatic rings. The Hall–Kier alpha value is -2.13. The highest BCUT2D eigenvalue weighted by atomic mass is 32.1. The molecule has 0 spiro atoms. The molecule has 0 atom stereocenters. The van der Waals surface area contributed by atoms with Crippen molar-refractivity contribution in [3.05, 3.63) is 51.5 Å². The molecule has 2 aromatic rings. The smallest absolute Gasteiger partial charge is 0.367 e. The number of hydrogen-bond donors (Lipinski definition) is 2. The Morgan fingerprint density at radius 3 is 2.36 bits per heavy atom. The van der Waals surface area contributed by atoms with E-state index in [0.717, 1.165) is 16.3 Å². The molecule has 0 fully saturated rings. The van der Waals surface area contributed by atoms with Crippen LogP contribution in [0.25, 0.3) is 0 Å². The number of aliphatic imine (C=N–C) groups is 1. The normalized spacial score (nSPS) is 12.5. The van der Waals surface area contributed by atoms with Crippen LogP contribution in [0.2, 0.25) is 0 Å². The lowest BCUT2D eigenvalue weighted by Gasteiger charge is -2.12. The van der Waals surface area contributed by atoms with E-state index in [1.807, 2.05) is 17.5 Å². The second-order valence-corrected chi connectivity index (χ2v) is 7.43. The molecule has 0 unspecified atom stereocenters. The maximum atomic E-state index is 12.1. The van der Waals surface area contributed by atoms with E-state index in [-0.39, 0.29) is 6.61 Å². The summed E-state index contributed by atoms with van der Waals surface area (Å²) >= 11 is 1.65. The molecule has 5 nitrogen and oxygen atoms in total. The van der Waals surface area contributed by atoms with Crippen LogP contribution in [0.15, 0.2) is 34.6 Å². The van der Waals surface area contributed by atoms with Crippen molar-refractivity contribution in [2.45, 2.75) is 45.6 Å². The van der Waals surface area contributed by atoms with Gasteiger partial charge in [-0.3, -0.25) is 4.99 Å². The lowest BCUT2D eigenvalue weighted by Crippen LogP contribution is -2.36. The van der Waals surface area contributed by atoms with E-state index in [9.17, 15) is 13.2 Å². The molecule has 28 heavy (non-hydrogen) atoms. The summed E-state index contributed by atoms with van der Waals surface area (Å²) in [6.07, 6.45) is -4.30. The first-order valence-corrected chi connectivity index (χ1v) is 9.76. The van der Waals surface area contributed by atoms with Crippen LogP contribution >= 0.6 is 11.3 Å². The largest absolute Gasteiger partial charge is 0.411 e. The van der Waals surface area contributed by atoms with Gasteiger partial charge in [0.15, 0.2) is 5.96 Å². The SMILES string of the molecule is CN=C(NCc1ccc(COCC(F)(F)F)cc1)NCc1csc(C(C)C)n1. The maximum Gasteiger partial charge on any atom is 0.411 e. The number of aromatic nitrogens is 1. The Morgan fingerprint density at radius 2 is 1.79 bits per heavy atom. The van der Waals surface area contributed by atoms with Gasteiger partial charge in [0.25, 0.3) is 0 Å². The van der Waals surface area contributed by atoms with Gasteiger partial charge < -0.3 is 15.4 Å². The molecule has 154 valence electrons. The lowest BCUT2D eigenvalue weighted by atomic mass is 10.1. The van der Waals surface area contributed by atoms with E-state index in [1.54, 1.807) is 30.5 Å². The third kappa shape index (κ3) is 7.85. The Kier molecular flexibility index (Phi) is 8.25. The van der Waals surface area contributed by atoms with Gasteiger partial charge in [-0.15, -0.1) is 11.3 Å². The number of nitrogens with one attached hydrogen (secondary N) is 2. The van der Waals surface area contributed by atoms with Crippen LogP contribution in [0, 0.1) is 0 Å². The highest BCUT2D eigenvalue weighted by Gasteiger charge is 2.27. The third-order valence-electron chi connectivity index (χ3n) is 3.74. The molecular weight excluding hydrogens is 389 g/mol. The van der Waals surface area contributed by atoms with Crippen LogP contribution in [0.4, 0.5) is 13.2 Å². The van der Waals surface area contributed by atoms with Crippen molar-refractivity contribution in [3.8, 4) is 0 Å². The fourth-order valence-corrected chi connectivity index (χ4v) is 3.12. The van der Waals surface area contributed by atoms with Crippen LogP contribution in [0.5, 0.6) is 0 Å². The quantitative estimate of drug-likeness (QED) is 0.502. The van der Waals surface area contributed by atoms with Crippen molar-refractivity contribution < 1.29 is 17.9 Å². The van der Waals surface area contributed by atoms with E-state index in [1.165, 1.54) is 0 Å². The van der Waals surface area contributed by atoms with E-state index in [4.69, 9.17) is 0 Å². The summed E-state index contributed by atoms with van der Waals surface area (Å²) in [7, 11) is 1.69. The standard InChI is InChI=1S/C19H25F3N4OS/c1-13(2)17-26-16(11-28-17)9-25-18(23-3)24-8-14-4-6-15(7-5-14)10-27-12-19(20,21)22/h4-7,11,13H,8-10,12H2,1-3H3,(H2,23,24,25). The molecular formula is C19H25F3N4OS. The molecule has 0 radical (unpaired) electrons. The van der Waals surface area contributed by atoms with Crippen molar-refractivity contribution >= 4 is 17.3 Å². The fourth-order valence-electron chi connectivity index (χ4n) is 2.29. The monoisotopic (exact) mass is 414 g/mol. The van der Waals surface area contributed by atoms with E-state index < -0.39 is 12.8 Å². The lowest BCUT2D eigenvalue weighted by molar-refractivity contribution is -0.176. The first kappa shape index (κ1) is 22.2. The fraction of sp³-hybridized carbons (Fsp3) is 0.474. The molecule has 0 aliphatic heterocycles. The van der Waals surface area contributed by atoms with E-state index >= 15 is 0 Å². The van der Waals surface area contributed by atoms with E-state index in [0.29, 0.717) is 30.5 Å². The van der Waals surface area contributed by atoms with Gasteiger partial charge in [0.2, 0.25) is 0 Å². The van der Waals surface area contributed by atoms with E-state index in [2.05, 4.69) is 39.2 Å². The van der Waals surface area contributed by atoms with Crippen LogP contribution in [0.3, 0.4) is 0 Å². The highest BCUT2D eigenvalue weighted by molar-refractivity contribution is 7.09. The summed E-state index contributed by atoms with van der Waals surface area (Å²) in [4.78, 5) is 8.76. The minimum Gasteiger partial charge on any atom is -0.367 e. The topological polar surface area (TPSA) is 58.5 Å². The molecule has 1 aromatic heterocycles. The molecule has 0 saturated carbocycles. The van der Waals surface area contributed by atoms with Gasteiger partial charge in [0, 0.05) is 24.9 Å². The van der Waals surface area contributed by atoms with Crippen molar-refractivity contribution in [3.63, 3.8) is 0 Å². The third-order valence-corrected chi connectivity index (χ3v) is 4.94. The summed E-state index contributed by atoms with van der Waals surface area (Å²) in [6.45, 7) is 4.04. The zero-order chi connectivity index (χ0) is 20.6. The van der Waals surface area contributed by atoms with Crippen LogP contribution < -0.4 is 10.6 Å². The molecule has 2 rings (SSSR count). The number of alkyl halides is 3. The van der Waals surface area contributed by atoms with Gasteiger partial charge in [-0.1, -0.05) is 38.1 Å². The summed E-state index contributed by atoms with van der Waals surface area (Å²) in [5.41, 5.74) is 2.65. The minimum atomic E-state index is -4.30. The summed E-state index contributed by atoms with van der Waals surface area (Å²) < 4.78 is 40.9. The number of thiazole rings is 1. The molecule has 2 N–H and O–H groups in total. The van der Waals surface area contributed by atoms with Gasteiger partial charge in [-0.2, -0.15) is 13.2 Å². The molecule has 0 amide bonds. The summed E-state index contributed by atoms with van der Waals surface area (Å²) in [5.74, 6) is 1.06. The average Bonchev–Trinajstić information content (AvgIpc) is 3.11. The zero-order valence-corrected chi connectivity index (χ0v) is 17.0. The Labute approximate surface area is 167 Å². The molecule has 1 aromatic carbocycles. The predicted octanol–water partition coefficient (Wildman–Crippen LogP) is 4.21. The van der Waals surface area contributed by atoms with Crippen molar-refractivity contribution in [2.75, 3.05) is 13.7 Å². The van der Waals surface area contributed by atoms with Gasteiger partial charge >= 0.3 is 6.18 Å². The molecule has 0 bridgehead atoms. The number of guanidine groups is 1.